The maximum absolute atomic E-state index is 10.9. The molecule has 2 saturated carbocycles. The van der Waals surface area contributed by atoms with Crippen LogP contribution in [0.15, 0.2) is 107 Å². The minimum absolute atomic E-state index is 0.109. The second kappa shape index (κ2) is 14.1. The molecule has 45 heavy (non-hydrogen) atoms. The molecule has 248 valence electrons. The van der Waals surface area contributed by atoms with Crippen LogP contribution < -0.4 is 0 Å². The number of aliphatic hydroxyl groups is 4. The van der Waals surface area contributed by atoms with Crippen LogP contribution in [0.25, 0.3) is 0 Å². The predicted octanol–water partition coefficient (Wildman–Crippen LogP) is 7.78. The van der Waals surface area contributed by atoms with E-state index in [2.05, 4.69) is 84.1 Å². The quantitative estimate of drug-likeness (QED) is 0.148. The molecule has 4 N–H and O–H groups in total. The van der Waals surface area contributed by atoms with E-state index < -0.39 is 23.2 Å². The van der Waals surface area contributed by atoms with E-state index in [1.807, 2.05) is 63.3 Å². The third-order valence-corrected chi connectivity index (χ3v) is 10.1. The summed E-state index contributed by atoms with van der Waals surface area (Å²) in [4.78, 5) is 0. The first kappa shape index (κ1) is 36.9. The molecule has 1 unspecified atom stereocenters. The van der Waals surface area contributed by atoms with E-state index in [-0.39, 0.29) is 35.1 Å². The maximum atomic E-state index is 10.9. The van der Waals surface area contributed by atoms with E-state index in [9.17, 15) is 20.4 Å². The minimum Gasteiger partial charge on any atom is -0.393 e. The first-order chi connectivity index (χ1) is 20.8. The highest BCUT2D eigenvalue weighted by Gasteiger charge is 2.74. The summed E-state index contributed by atoms with van der Waals surface area (Å²) in [5.74, 6) is -0.287. The van der Waals surface area contributed by atoms with Gasteiger partial charge in [-0.15, -0.1) is 0 Å². The maximum Gasteiger partial charge on any atom is 0.121 e. The largest absolute Gasteiger partial charge is 0.393 e. The molecular formula is C40H58O5. The highest BCUT2D eigenvalue weighted by Crippen LogP contribution is 2.66. The minimum atomic E-state index is -1.09. The summed E-state index contributed by atoms with van der Waals surface area (Å²) in [6.07, 6.45) is 28.3. The first-order valence-corrected chi connectivity index (χ1v) is 16.3. The molecule has 0 aromatic carbocycles. The average molecular weight is 619 g/mol. The summed E-state index contributed by atoms with van der Waals surface area (Å²) >= 11 is 0. The Morgan fingerprint density at radius 1 is 0.644 bits per heavy atom. The van der Waals surface area contributed by atoms with Gasteiger partial charge in [-0.1, -0.05) is 129 Å². The first-order valence-electron chi connectivity index (χ1n) is 16.3. The second-order valence-electron chi connectivity index (χ2n) is 15.3. The molecule has 0 amide bonds. The van der Waals surface area contributed by atoms with Crippen LogP contribution in [0.5, 0.6) is 0 Å². The van der Waals surface area contributed by atoms with E-state index in [1.54, 1.807) is 6.92 Å². The predicted molar refractivity (Wildman–Crippen MR) is 186 cm³/mol. The topological polar surface area (TPSA) is 93.5 Å². The number of hydrogen-bond donors (Lipinski definition) is 4. The lowest BCUT2D eigenvalue weighted by atomic mass is 9.59. The van der Waals surface area contributed by atoms with Gasteiger partial charge in [0.2, 0.25) is 0 Å². The number of allylic oxidation sites excluding steroid dienone is 16. The van der Waals surface area contributed by atoms with Crippen molar-refractivity contribution in [1.82, 2.24) is 0 Å². The molecule has 3 aliphatic rings. The molecule has 0 radical (unpaired) electrons. The molecule has 5 nitrogen and oxygen atoms in total. The lowest BCUT2D eigenvalue weighted by Gasteiger charge is -2.51. The van der Waals surface area contributed by atoms with Gasteiger partial charge in [0.25, 0.3) is 0 Å². The summed E-state index contributed by atoms with van der Waals surface area (Å²) in [5, 5.41) is 41.8. The monoisotopic (exact) mass is 618 g/mol. The molecule has 1 aliphatic heterocycles. The highest BCUT2D eigenvalue weighted by molar-refractivity contribution is 5.37. The van der Waals surface area contributed by atoms with Crippen molar-refractivity contribution >= 4 is 0 Å². The van der Waals surface area contributed by atoms with Crippen molar-refractivity contribution in [3.8, 4) is 0 Å². The van der Waals surface area contributed by atoms with Gasteiger partial charge in [0.05, 0.1) is 23.9 Å². The third kappa shape index (κ3) is 8.64. The fourth-order valence-electron chi connectivity index (χ4n) is 7.51. The van der Waals surface area contributed by atoms with Gasteiger partial charge >= 0.3 is 0 Å². The fourth-order valence-corrected chi connectivity index (χ4v) is 7.51. The zero-order valence-electron chi connectivity index (χ0n) is 29.2. The Hall–Kier alpha value is -2.54. The van der Waals surface area contributed by atoms with Gasteiger partial charge in [-0.3, -0.25) is 0 Å². The SMILES string of the molecule is CC(=C/C=C/C(C)=C/C=C/C=C(C)/C=C/C=C(\C)C=CC1C(C)(C)[C@@H](O)[C@H](O)C[C@@]1(C)O)/C=C/[C@@]12O[C@]1(C)C[C@@H](O)CC2(C)C. The Morgan fingerprint density at radius 2 is 1.13 bits per heavy atom. The zero-order chi connectivity index (χ0) is 33.8. The van der Waals surface area contributed by atoms with Crippen molar-refractivity contribution in [2.75, 3.05) is 0 Å². The molecule has 7 atom stereocenters. The van der Waals surface area contributed by atoms with Gasteiger partial charge in [0.1, 0.15) is 11.2 Å². The number of rotatable bonds is 10. The van der Waals surface area contributed by atoms with Crippen molar-refractivity contribution in [3.05, 3.63) is 107 Å². The van der Waals surface area contributed by atoms with Crippen LogP contribution in [0.3, 0.4) is 0 Å². The van der Waals surface area contributed by atoms with Crippen LogP contribution in [0.4, 0.5) is 0 Å². The molecule has 0 spiro atoms. The Morgan fingerprint density at radius 3 is 1.67 bits per heavy atom. The second-order valence-corrected chi connectivity index (χ2v) is 15.3. The van der Waals surface area contributed by atoms with E-state index in [0.717, 1.165) is 28.7 Å². The number of fused-ring (bicyclic) bond motifs is 1. The molecule has 0 aromatic heterocycles. The Kier molecular flexibility index (Phi) is 11.5. The number of aliphatic hydroxyl groups excluding tert-OH is 3. The normalized spacial score (nSPS) is 37.9. The van der Waals surface area contributed by atoms with Crippen molar-refractivity contribution in [3.63, 3.8) is 0 Å². The molecule has 2 aliphatic carbocycles. The van der Waals surface area contributed by atoms with Crippen molar-refractivity contribution in [2.45, 2.75) is 124 Å². The lowest BCUT2D eigenvalue weighted by Crippen LogP contribution is -2.58. The third-order valence-electron chi connectivity index (χ3n) is 10.1. The Labute approximate surface area is 272 Å². The van der Waals surface area contributed by atoms with Crippen LogP contribution >= 0.6 is 0 Å². The summed E-state index contributed by atoms with van der Waals surface area (Å²) < 4.78 is 6.24. The van der Waals surface area contributed by atoms with Crippen LogP contribution in [0.1, 0.15) is 88.5 Å². The lowest BCUT2D eigenvalue weighted by molar-refractivity contribution is -0.177. The van der Waals surface area contributed by atoms with Crippen LogP contribution in [0, 0.1) is 16.7 Å². The molecule has 3 fully saturated rings. The van der Waals surface area contributed by atoms with E-state index in [0.29, 0.717) is 6.42 Å². The smallest absolute Gasteiger partial charge is 0.121 e. The summed E-state index contributed by atoms with van der Waals surface area (Å²) in [7, 11) is 0. The molecule has 3 rings (SSSR count). The van der Waals surface area contributed by atoms with Crippen LogP contribution in [-0.2, 0) is 4.74 Å². The molecule has 1 heterocycles. The van der Waals surface area contributed by atoms with Crippen LogP contribution in [0.2, 0.25) is 0 Å². The van der Waals surface area contributed by atoms with Crippen molar-refractivity contribution in [1.29, 1.82) is 0 Å². The van der Waals surface area contributed by atoms with Crippen molar-refractivity contribution < 1.29 is 25.2 Å². The van der Waals surface area contributed by atoms with Crippen LogP contribution in [-0.4, -0.2) is 55.5 Å². The number of ether oxygens (including phenoxy) is 1. The van der Waals surface area contributed by atoms with Gasteiger partial charge in [-0.25, -0.2) is 0 Å². The molecule has 5 heteroatoms. The fraction of sp³-hybridized carbons (Fsp3) is 0.550. The van der Waals surface area contributed by atoms with Gasteiger partial charge in [0, 0.05) is 29.6 Å². The highest BCUT2D eigenvalue weighted by atomic mass is 16.6. The Bertz CT molecular complexity index is 1340. The number of epoxide rings is 1. The van der Waals surface area contributed by atoms with Gasteiger partial charge < -0.3 is 25.2 Å². The molecule has 0 aromatic rings. The van der Waals surface area contributed by atoms with Gasteiger partial charge in [-0.05, 0) is 54.0 Å². The number of hydrogen-bond acceptors (Lipinski definition) is 5. The summed E-state index contributed by atoms with van der Waals surface area (Å²) in [5.41, 5.74) is 2.00. The Balaban J connectivity index is 1.51. The van der Waals surface area contributed by atoms with E-state index in [4.69, 9.17) is 4.74 Å². The van der Waals surface area contributed by atoms with E-state index in [1.165, 1.54) is 0 Å². The van der Waals surface area contributed by atoms with Gasteiger partial charge in [0.15, 0.2) is 0 Å². The van der Waals surface area contributed by atoms with E-state index >= 15 is 0 Å². The summed E-state index contributed by atoms with van der Waals surface area (Å²) in [6.45, 7) is 20.2. The summed E-state index contributed by atoms with van der Waals surface area (Å²) in [6, 6.07) is 0. The average Bonchev–Trinajstić information content (AvgIpc) is 3.53. The molecule has 0 bridgehead atoms. The standard InChI is InChI=1S/C40H58O5/c1-28(17-13-19-30(3)21-22-34-37(7,8)35(43)33(42)27-38(34,9)44)15-11-12-16-29(2)18-14-20-31(4)23-24-40-36(5,6)25-32(41)26-39(40,10)45-40/h11-24,32-35,41-44H,25-27H2,1-10H3/b12-11+,17-13+,18-14+,22-21?,24-23+,28-15+,29-16+,30-19+,31-20-/t32-,33+,34?,35-,38+,39+,40-/m0/s1. The molecular weight excluding hydrogens is 560 g/mol. The molecule has 1 saturated heterocycles. The van der Waals surface area contributed by atoms with Crippen molar-refractivity contribution in [2.24, 2.45) is 16.7 Å². The zero-order valence-corrected chi connectivity index (χ0v) is 29.2. The van der Waals surface area contributed by atoms with Gasteiger partial charge in [-0.2, -0.15) is 0 Å².